The van der Waals surface area contributed by atoms with Gasteiger partial charge in [0.1, 0.15) is 11.5 Å². The van der Waals surface area contributed by atoms with Crippen LogP contribution in [-0.2, 0) is 18.3 Å². The summed E-state index contributed by atoms with van der Waals surface area (Å²) < 4.78 is 8.85. The normalized spacial score (nSPS) is 17.9. The molecule has 8 heteroatoms. The molecule has 3 rings (SSSR count). The van der Waals surface area contributed by atoms with E-state index in [9.17, 15) is 4.79 Å². The summed E-state index contributed by atoms with van der Waals surface area (Å²) in [6.45, 7) is 4.59. The molecule has 2 aromatic rings. The van der Waals surface area contributed by atoms with Crippen molar-refractivity contribution in [3.63, 3.8) is 0 Å². The summed E-state index contributed by atoms with van der Waals surface area (Å²) in [4.78, 5) is 19.4. The maximum atomic E-state index is 13.0. The number of ether oxygens (including phenoxy) is 1. The van der Waals surface area contributed by atoms with Crippen LogP contribution in [0, 0.1) is 6.92 Å². The number of hydrogen-bond donors (Lipinski definition) is 0. The zero-order chi connectivity index (χ0) is 18.0. The van der Waals surface area contributed by atoms with Gasteiger partial charge < -0.3 is 14.2 Å². The van der Waals surface area contributed by atoms with Gasteiger partial charge in [0.05, 0.1) is 17.3 Å². The van der Waals surface area contributed by atoms with E-state index in [2.05, 4.69) is 14.6 Å². The van der Waals surface area contributed by atoms with Crippen LogP contribution in [0.5, 0.6) is 0 Å². The van der Waals surface area contributed by atoms with Gasteiger partial charge in [-0.2, -0.15) is 5.10 Å². The molecule has 1 aliphatic rings. The lowest BCUT2D eigenvalue weighted by molar-refractivity contribution is 0.0691. The van der Waals surface area contributed by atoms with Gasteiger partial charge in [-0.3, -0.25) is 9.48 Å². The summed E-state index contributed by atoms with van der Waals surface area (Å²) in [5.74, 6) is 1.17. The van der Waals surface area contributed by atoms with E-state index in [1.165, 1.54) is 0 Å². The molecule has 0 spiro atoms. The molecule has 0 N–H and O–H groups in total. The average molecular weight is 366 g/mol. The van der Waals surface area contributed by atoms with Crippen molar-refractivity contribution in [1.29, 1.82) is 0 Å². The van der Waals surface area contributed by atoms with E-state index in [1.54, 1.807) is 18.8 Å². The van der Waals surface area contributed by atoms with Crippen molar-refractivity contribution in [3.05, 3.63) is 34.6 Å². The molecule has 0 saturated carbocycles. The second-order valence-electron chi connectivity index (χ2n) is 6.43. The highest BCUT2D eigenvalue weighted by Crippen LogP contribution is 2.28. The highest BCUT2D eigenvalue weighted by atomic mass is 35.5. The Morgan fingerprint density at radius 3 is 2.96 bits per heavy atom. The quantitative estimate of drug-likeness (QED) is 0.815. The fraction of sp³-hybridized carbons (Fsp3) is 0.588. The number of aromatic nitrogens is 4. The Kier molecular flexibility index (Phi) is 5.44. The number of piperidine rings is 1. The molecule has 0 unspecified atom stereocenters. The van der Waals surface area contributed by atoms with Gasteiger partial charge >= 0.3 is 0 Å². The van der Waals surface area contributed by atoms with E-state index >= 15 is 0 Å². The van der Waals surface area contributed by atoms with Crippen molar-refractivity contribution < 1.29 is 9.53 Å². The van der Waals surface area contributed by atoms with Crippen molar-refractivity contribution in [1.82, 2.24) is 24.2 Å². The Hall–Kier alpha value is -1.86. The van der Waals surface area contributed by atoms with Gasteiger partial charge in [-0.15, -0.1) is 0 Å². The number of imidazole rings is 1. The number of aryl methyl sites for hydroxylation is 2. The first-order valence-electron chi connectivity index (χ1n) is 8.51. The maximum absolute atomic E-state index is 13.0. The van der Waals surface area contributed by atoms with Crippen LogP contribution in [0.15, 0.2) is 12.4 Å². The number of carbonyl (C=O) groups excluding carboxylic acids is 1. The summed E-state index contributed by atoms with van der Waals surface area (Å²) in [5, 5.41) is 4.69. The van der Waals surface area contributed by atoms with Gasteiger partial charge in [-0.1, -0.05) is 11.6 Å². The van der Waals surface area contributed by atoms with Gasteiger partial charge in [0.2, 0.25) is 0 Å². The number of nitrogens with zero attached hydrogens (tertiary/aromatic N) is 5. The van der Waals surface area contributed by atoms with Crippen LogP contribution < -0.4 is 0 Å². The van der Waals surface area contributed by atoms with Crippen LogP contribution >= 0.6 is 11.6 Å². The highest BCUT2D eigenvalue weighted by Gasteiger charge is 2.30. The first-order valence-corrected chi connectivity index (χ1v) is 8.89. The largest absolute Gasteiger partial charge is 0.383 e. The van der Waals surface area contributed by atoms with Gasteiger partial charge in [0, 0.05) is 52.1 Å². The van der Waals surface area contributed by atoms with Crippen LogP contribution in [0.25, 0.3) is 0 Å². The number of rotatable bonds is 5. The summed E-state index contributed by atoms with van der Waals surface area (Å²) in [6, 6.07) is 0. The average Bonchev–Trinajstić information content (AvgIpc) is 3.17. The number of hydrogen-bond acceptors (Lipinski definition) is 4. The monoisotopic (exact) mass is 365 g/mol. The molecular formula is C17H24ClN5O2. The SMILES string of the molecule is COCCn1ccnc1[C@@H]1CCCN(C(=O)c2c(Cl)c(C)nn2C)C1. The molecular weight excluding hydrogens is 342 g/mol. The summed E-state index contributed by atoms with van der Waals surface area (Å²) >= 11 is 6.29. The van der Waals surface area contributed by atoms with Crippen molar-refractivity contribution in [3.8, 4) is 0 Å². The van der Waals surface area contributed by atoms with Gasteiger partial charge in [-0.25, -0.2) is 4.98 Å². The number of amides is 1. The molecule has 1 atom stereocenters. The number of carbonyl (C=O) groups is 1. The smallest absolute Gasteiger partial charge is 0.273 e. The van der Waals surface area contributed by atoms with Crippen molar-refractivity contribution >= 4 is 17.5 Å². The Balaban J connectivity index is 1.77. The first kappa shape index (κ1) is 17.9. The minimum absolute atomic E-state index is 0.0622. The zero-order valence-corrected chi connectivity index (χ0v) is 15.7. The van der Waals surface area contributed by atoms with E-state index in [4.69, 9.17) is 16.3 Å². The van der Waals surface area contributed by atoms with E-state index < -0.39 is 0 Å². The number of methoxy groups -OCH3 is 1. The molecule has 2 aromatic heterocycles. The third kappa shape index (κ3) is 3.57. The lowest BCUT2D eigenvalue weighted by atomic mass is 9.96. The van der Waals surface area contributed by atoms with Crippen LogP contribution in [0.3, 0.4) is 0 Å². The van der Waals surface area contributed by atoms with Crippen molar-refractivity contribution in [2.45, 2.75) is 32.2 Å². The lowest BCUT2D eigenvalue weighted by Gasteiger charge is -2.32. The van der Waals surface area contributed by atoms with Gasteiger partial charge in [0.25, 0.3) is 5.91 Å². The lowest BCUT2D eigenvalue weighted by Crippen LogP contribution is -2.40. The van der Waals surface area contributed by atoms with Gasteiger partial charge in [-0.05, 0) is 19.8 Å². The van der Waals surface area contributed by atoms with Crippen molar-refractivity contribution in [2.75, 3.05) is 26.8 Å². The maximum Gasteiger partial charge on any atom is 0.273 e. The fourth-order valence-corrected chi connectivity index (χ4v) is 3.69. The molecule has 0 aliphatic carbocycles. The van der Waals surface area contributed by atoms with Crippen LogP contribution in [-0.4, -0.2) is 56.9 Å². The molecule has 1 amide bonds. The Morgan fingerprint density at radius 1 is 1.48 bits per heavy atom. The minimum Gasteiger partial charge on any atom is -0.383 e. The van der Waals surface area contributed by atoms with E-state index in [0.29, 0.717) is 29.6 Å². The molecule has 0 aromatic carbocycles. The third-order valence-electron chi connectivity index (χ3n) is 4.71. The molecule has 3 heterocycles. The van der Waals surface area contributed by atoms with Crippen LogP contribution in [0.2, 0.25) is 5.02 Å². The molecule has 0 radical (unpaired) electrons. The van der Waals surface area contributed by atoms with Crippen molar-refractivity contribution in [2.24, 2.45) is 7.05 Å². The molecule has 0 bridgehead atoms. The Bertz CT molecular complexity index is 754. The van der Waals surface area contributed by atoms with E-state index in [0.717, 1.165) is 31.8 Å². The first-order chi connectivity index (χ1) is 12.0. The minimum atomic E-state index is -0.0622. The Morgan fingerprint density at radius 2 is 2.28 bits per heavy atom. The summed E-state index contributed by atoms with van der Waals surface area (Å²) in [6.07, 6.45) is 5.75. The molecule has 1 aliphatic heterocycles. The highest BCUT2D eigenvalue weighted by molar-refractivity contribution is 6.34. The molecule has 7 nitrogen and oxygen atoms in total. The number of halogens is 1. The second-order valence-corrected chi connectivity index (χ2v) is 6.81. The zero-order valence-electron chi connectivity index (χ0n) is 14.9. The van der Waals surface area contributed by atoms with E-state index in [-0.39, 0.29) is 11.8 Å². The fourth-order valence-electron chi connectivity index (χ4n) is 3.45. The molecule has 1 saturated heterocycles. The van der Waals surface area contributed by atoms with E-state index in [1.807, 2.05) is 24.2 Å². The third-order valence-corrected chi connectivity index (χ3v) is 5.16. The molecule has 136 valence electrons. The summed E-state index contributed by atoms with van der Waals surface area (Å²) in [5.41, 5.74) is 1.14. The topological polar surface area (TPSA) is 65.2 Å². The molecule has 1 fully saturated rings. The van der Waals surface area contributed by atoms with Crippen LogP contribution in [0.4, 0.5) is 0 Å². The van der Waals surface area contributed by atoms with Gasteiger partial charge in [0.15, 0.2) is 0 Å². The second kappa shape index (κ2) is 7.58. The predicted octanol–water partition coefficient (Wildman–Crippen LogP) is 2.24. The standard InChI is InChI=1S/C17H24ClN5O2/c1-12-14(18)15(21(2)20-12)17(24)23-7-4-5-13(11-23)16-19-6-8-22(16)9-10-25-3/h6,8,13H,4-5,7,9-11H2,1-3H3/t13-/m1/s1. The summed E-state index contributed by atoms with van der Waals surface area (Å²) in [7, 11) is 3.45. The van der Waals surface area contributed by atoms with Crippen LogP contribution in [0.1, 0.15) is 40.8 Å². The molecule has 25 heavy (non-hydrogen) atoms. The predicted molar refractivity (Wildman–Crippen MR) is 94.9 cm³/mol. The number of likely N-dealkylation sites (tertiary alicyclic amines) is 1. The Labute approximate surface area is 152 Å².